The van der Waals surface area contributed by atoms with Crippen molar-refractivity contribution in [2.24, 2.45) is 11.7 Å². The standard InChI is InChI=1S/C9H13N3OS/c10-7-2-1-6(3-7)9(13)4-8-5-11-14-12-8/h5-7H,1-4,10H2. The molecule has 5 heteroatoms. The van der Waals surface area contributed by atoms with Gasteiger partial charge in [0.05, 0.1) is 30.0 Å². The van der Waals surface area contributed by atoms with Gasteiger partial charge in [-0.25, -0.2) is 0 Å². The molecule has 76 valence electrons. The van der Waals surface area contributed by atoms with Crippen LogP contribution in [-0.2, 0) is 11.2 Å². The summed E-state index contributed by atoms with van der Waals surface area (Å²) in [4.78, 5) is 11.7. The summed E-state index contributed by atoms with van der Waals surface area (Å²) in [6.45, 7) is 0. The van der Waals surface area contributed by atoms with Gasteiger partial charge in [-0.1, -0.05) is 0 Å². The van der Waals surface area contributed by atoms with Gasteiger partial charge in [0.15, 0.2) is 0 Å². The average Bonchev–Trinajstić information content (AvgIpc) is 2.75. The summed E-state index contributed by atoms with van der Waals surface area (Å²) in [6.07, 6.45) is 4.85. The second-order valence-corrected chi connectivity index (χ2v) is 4.37. The van der Waals surface area contributed by atoms with E-state index in [1.54, 1.807) is 6.20 Å². The van der Waals surface area contributed by atoms with E-state index in [1.165, 1.54) is 0 Å². The topological polar surface area (TPSA) is 68.9 Å². The first-order valence-electron chi connectivity index (χ1n) is 4.80. The lowest BCUT2D eigenvalue weighted by atomic mass is 9.99. The summed E-state index contributed by atoms with van der Waals surface area (Å²) in [5, 5.41) is 0. The summed E-state index contributed by atoms with van der Waals surface area (Å²) < 4.78 is 7.90. The van der Waals surface area contributed by atoms with Crippen LogP contribution in [0.3, 0.4) is 0 Å². The van der Waals surface area contributed by atoms with Crippen LogP contribution in [0.5, 0.6) is 0 Å². The van der Waals surface area contributed by atoms with Gasteiger partial charge < -0.3 is 5.73 Å². The normalized spacial score (nSPS) is 26.6. The van der Waals surface area contributed by atoms with Gasteiger partial charge in [-0.15, -0.1) is 0 Å². The van der Waals surface area contributed by atoms with Crippen LogP contribution in [0.4, 0.5) is 0 Å². The fourth-order valence-electron chi connectivity index (χ4n) is 1.89. The molecule has 0 bridgehead atoms. The van der Waals surface area contributed by atoms with E-state index in [0.717, 1.165) is 36.7 Å². The third kappa shape index (κ3) is 2.16. The first-order valence-corrected chi connectivity index (χ1v) is 5.53. The van der Waals surface area contributed by atoms with E-state index in [1.807, 2.05) is 0 Å². The van der Waals surface area contributed by atoms with Crippen molar-refractivity contribution in [2.45, 2.75) is 31.7 Å². The molecular formula is C9H13N3OS. The Morgan fingerprint density at radius 2 is 2.50 bits per heavy atom. The van der Waals surface area contributed by atoms with Crippen LogP contribution in [-0.4, -0.2) is 20.6 Å². The molecule has 1 fully saturated rings. The zero-order valence-corrected chi connectivity index (χ0v) is 8.67. The van der Waals surface area contributed by atoms with E-state index in [2.05, 4.69) is 8.75 Å². The highest BCUT2D eigenvalue weighted by Gasteiger charge is 2.27. The minimum atomic E-state index is 0.159. The Morgan fingerprint density at radius 1 is 1.64 bits per heavy atom. The Kier molecular flexibility index (Phi) is 2.88. The summed E-state index contributed by atoms with van der Waals surface area (Å²) in [6, 6.07) is 0.220. The SMILES string of the molecule is NC1CCC(C(=O)Cc2cnsn2)C1. The lowest BCUT2D eigenvalue weighted by Gasteiger charge is -2.06. The Morgan fingerprint density at radius 3 is 3.07 bits per heavy atom. The second kappa shape index (κ2) is 4.14. The predicted molar refractivity (Wildman–Crippen MR) is 53.9 cm³/mol. The van der Waals surface area contributed by atoms with Crippen molar-refractivity contribution in [3.8, 4) is 0 Å². The zero-order valence-electron chi connectivity index (χ0n) is 7.85. The highest BCUT2D eigenvalue weighted by Crippen LogP contribution is 2.25. The minimum absolute atomic E-state index is 0.159. The molecule has 1 aliphatic carbocycles. The van der Waals surface area contributed by atoms with Crippen molar-refractivity contribution in [3.05, 3.63) is 11.9 Å². The molecule has 2 N–H and O–H groups in total. The number of ketones is 1. The summed E-state index contributed by atoms with van der Waals surface area (Å²) >= 11 is 1.15. The average molecular weight is 211 g/mol. The van der Waals surface area contributed by atoms with Gasteiger partial charge in [0.2, 0.25) is 0 Å². The highest BCUT2D eigenvalue weighted by molar-refractivity contribution is 6.99. The summed E-state index contributed by atoms with van der Waals surface area (Å²) in [5.74, 6) is 0.428. The van der Waals surface area contributed by atoms with Gasteiger partial charge in [-0.3, -0.25) is 4.79 Å². The van der Waals surface area contributed by atoms with Gasteiger partial charge in [0.1, 0.15) is 5.78 Å². The predicted octanol–water partition coefficient (Wildman–Crippen LogP) is 0.777. The number of carbonyl (C=O) groups excluding carboxylic acids is 1. The molecule has 0 aliphatic heterocycles. The largest absolute Gasteiger partial charge is 0.328 e. The molecule has 0 radical (unpaired) electrons. The first kappa shape index (κ1) is 9.73. The maximum absolute atomic E-state index is 11.7. The summed E-state index contributed by atoms with van der Waals surface area (Å²) in [5.41, 5.74) is 6.55. The number of nitrogens with zero attached hydrogens (tertiary/aromatic N) is 2. The summed E-state index contributed by atoms with van der Waals surface area (Å²) in [7, 11) is 0. The molecule has 0 aromatic carbocycles. The number of carbonyl (C=O) groups is 1. The van der Waals surface area contributed by atoms with Crippen LogP contribution in [0.2, 0.25) is 0 Å². The molecule has 0 spiro atoms. The third-order valence-corrected chi connectivity index (χ3v) is 3.21. The lowest BCUT2D eigenvalue weighted by Crippen LogP contribution is -2.19. The van der Waals surface area contributed by atoms with Crippen molar-refractivity contribution < 1.29 is 4.79 Å². The van der Waals surface area contributed by atoms with Crippen molar-refractivity contribution in [3.63, 3.8) is 0 Å². The molecule has 1 aromatic rings. The van der Waals surface area contributed by atoms with Crippen molar-refractivity contribution in [1.82, 2.24) is 8.75 Å². The van der Waals surface area contributed by atoms with Gasteiger partial charge in [0.25, 0.3) is 0 Å². The monoisotopic (exact) mass is 211 g/mol. The van der Waals surface area contributed by atoms with Gasteiger partial charge >= 0.3 is 0 Å². The van der Waals surface area contributed by atoms with Crippen molar-refractivity contribution in [2.75, 3.05) is 0 Å². The molecule has 0 saturated heterocycles. The van der Waals surface area contributed by atoms with Gasteiger partial charge in [-0.05, 0) is 19.3 Å². The maximum Gasteiger partial charge on any atom is 0.142 e. The Labute approximate surface area is 86.8 Å². The van der Waals surface area contributed by atoms with Crippen LogP contribution in [0.15, 0.2) is 6.20 Å². The Hall–Kier alpha value is -0.810. The van der Waals surface area contributed by atoms with Crippen LogP contribution < -0.4 is 5.73 Å². The van der Waals surface area contributed by atoms with Gasteiger partial charge in [-0.2, -0.15) is 8.75 Å². The number of nitrogens with two attached hydrogens (primary N) is 1. The molecule has 2 unspecified atom stereocenters. The van der Waals surface area contributed by atoms with Crippen LogP contribution in [0.1, 0.15) is 25.0 Å². The number of hydrogen-bond acceptors (Lipinski definition) is 5. The quantitative estimate of drug-likeness (QED) is 0.802. The van der Waals surface area contributed by atoms with Crippen LogP contribution >= 0.6 is 11.7 Å². The van der Waals surface area contributed by atoms with E-state index in [9.17, 15) is 4.79 Å². The van der Waals surface area contributed by atoms with Crippen LogP contribution in [0.25, 0.3) is 0 Å². The number of hydrogen-bond donors (Lipinski definition) is 1. The van der Waals surface area contributed by atoms with E-state index in [-0.39, 0.29) is 17.7 Å². The Bertz CT molecular complexity index is 312. The molecule has 2 atom stereocenters. The number of rotatable bonds is 3. The number of aromatic nitrogens is 2. The molecule has 14 heavy (non-hydrogen) atoms. The first-order chi connectivity index (χ1) is 6.75. The second-order valence-electron chi connectivity index (χ2n) is 3.81. The number of Topliss-reactive ketones (excluding diaryl/α,β-unsaturated/α-hetero) is 1. The molecule has 1 aliphatic rings. The van der Waals surface area contributed by atoms with E-state index < -0.39 is 0 Å². The molecule has 1 saturated carbocycles. The molecular weight excluding hydrogens is 198 g/mol. The van der Waals surface area contributed by atoms with Crippen molar-refractivity contribution in [1.29, 1.82) is 0 Å². The molecule has 4 nitrogen and oxygen atoms in total. The fourth-order valence-corrected chi connectivity index (χ4v) is 2.33. The minimum Gasteiger partial charge on any atom is -0.328 e. The zero-order chi connectivity index (χ0) is 9.97. The molecule has 1 aromatic heterocycles. The molecule has 1 heterocycles. The smallest absolute Gasteiger partial charge is 0.142 e. The van der Waals surface area contributed by atoms with Crippen molar-refractivity contribution >= 4 is 17.5 Å². The highest BCUT2D eigenvalue weighted by atomic mass is 32.1. The lowest BCUT2D eigenvalue weighted by molar-refractivity contribution is -0.122. The van der Waals surface area contributed by atoms with Crippen LogP contribution in [0, 0.1) is 5.92 Å². The Balaban J connectivity index is 1.90. The molecule has 0 amide bonds. The van der Waals surface area contributed by atoms with E-state index in [0.29, 0.717) is 6.42 Å². The van der Waals surface area contributed by atoms with E-state index in [4.69, 9.17) is 5.73 Å². The van der Waals surface area contributed by atoms with Gasteiger partial charge in [0, 0.05) is 12.0 Å². The molecule has 2 rings (SSSR count). The maximum atomic E-state index is 11.7. The third-order valence-electron chi connectivity index (χ3n) is 2.69. The van der Waals surface area contributed by atoms with E-state index >= 15 is 0 Å². The fraction of sp³-hybridized carbons (Fsp3) is 0.667.